The van der Waals surface area contributed by atoms with Crippen LogP contribution < -0.4 is 15.4 Å². The highest BCUT2D eigenvalue weighted by molar-refractivity contribution is 6.32. The summed E-state index contributed by atoms with van der Waals surface area (Å²) in [5.41, 5.74) is 0.810. The van der Waals surface area contributed by atoms with Crippen molar-refractivity contribution in [3.8, 4) is 5.88 Å². The fourth-order valence-electron chi connectivity index (χ4n) is 2.25. The molecule has 2 N–H and O–H groups in total. The largest absolute Gasteiger partial charge is 0.476 e. The van der Waals surface area contributed by atoms with Crippen LogP contribution in [0.5, 0.6) is 5.88 Å². The molecule has 2 aromatic rings. The number of nitrogens with one attached hydrogen (secondary N) is 2. The molecule has 2 amide bonds. The molecule has 1 atom stereocenters. The van der Waals surface area contributed by atoms with Crippen molar-refractivity contribution in [3.05, 3.63) is 46.7 Å². The number of hydrogen-bond donors (Lipinski definition) is 2. The summed E-state index contributed by atoms with van der Waals surface area (Å²) in [5.74, 6) is -0.605. The summed E-state index contributed by atoms with van der Waals surface area (Å²) in [4.78, 5) is 31.4. The van der Waals surface area contributed by atoms with Crippen LogP contribution in [0.15, 0.2) is 30.6 Å². The zero-order chi connectivity index (χ0) is 21.6. The van der Waals surface area contributed by atoms with Crippen LogP contribution in [0.1, 0.15) is 42.2 Å². The number of rotatable bonds is 7. The molecule has 2 aromatic heterocycles. The lowest BCUT2D eigenvalue weighted by molar-refractivity contribution is -0.139. The first-order valence-corrected chi connectivity index (χ1v) is 8.82. The second-order valence-electron chi connectivity index (χ2n) is 6.08. The lowest BCUT2D eigenvalue weighted by Crippen LogP contribution is -2.27. The van der Waals surface area contributed by atoms with E-state index in [-0.39, 0.29) is 22.4 Å². The number of anilines is 1. The number of carbonyl (C=O) groups excluding carboxylic acids is 2. The van der Waals surface area contributed by atoms with Gasteiger partial charge in [-0.3, -0.25) is 9.59 Å². The third-order valence-corrected chi connectivity index (χ3v) is 3.90. The number of alkyl halides is 3. The van der Waals surface area contributed by atoms with Crippen LogP contribution in [-0.2, 0) is 4.79 Å². The molecule has 2 heterocycles. The standard InChI is InChI=1S/C18H18ClF3N4O3/c1-10(12-3-5-23-15(8-12)26-11(2)27)25-16(28)13-7-14(19)17(24-9-13)29-6-4-18(20,21)22/h3,5,7-10H,4,6H2,1-2H3,(H,25,28)(H,23,26,27). The minimum Gasteiger partial charge on any atom is -0.476 e. The number of pyridine rings is 2. The van der Waals surface area contributed by atoms with Crippen molar-refractivity contribution >= 4 is 29.2 Å². The Morgan fingerprint density at radius 3 is 2.62 bits per heavy atom. The van der Waals surface area contributed by atoms with E-state index < -0.39 is 31.2 Å². The molecular formula is C18H18ClF3N4O3. The number of hydrogen-bond acceptors (Lipinski definition) is 5. The molecule has 29 heavy (non-hydrogen) atoms. The first-order chi connectivity index (χ1) is 13.5. The maximum atomic E-state index is 12.4. The summed E-state index contributed by atoms with van der Waals surface area (Å²) in [6, 6.07) is 4.13. The number of halogens is 4. The molecular weight excluding hydrogens is 413 g/mol. The second-order valence-corrected chi connectivity index (χ2v) is 6.48. The molecule has 0 aromatic carbocycles. The van der Waals surface area contributed by atoms with Gasteiger partial charge < -0.3 is 15.4 Å². The average Bonchev–Trinajstić information content (AvgIpc) is 2.61. The van der Waals surface area contributed by atoms with Gasteiger partial charge in [-0.2, -0.15) is 13.2 Å². The van der Waals surface area contributed by atoms with Gasteiger partial charge in [0.25, 0.3) is 5.91 Å². The van der Waals surface area contributed by atoms with Gasteiger partial charge in [0, 0.05) is 19.3 Å². The van der Waals surface area contributed by atoms with E-state index in [9.17, 15) is 22.8 Å². The van der Waals surface area contributed by atoms with Crippen LogP contribution in [0.4, 0.5) is 19.0 Å². The maximum Gasteiger partial charge on any atom is 0.392 e. The first-order valence-electron chi connectivity index (χ1n) is 8.44. The van der Waals surface area contributed by atoms with Crippen molar-refractivity contribution in [3.63, 3.8) is 0 Å². The van der Waals surface area contributed by atoms with Gasteiger partial charge in [-0.25, -0.2) is 9.97 Å². The predicted molar refractivity (Wildman–Crippen MR) is 99.8 cm³/mol. The van der Waals surface area contributed by atoms with E-state index in [1.807, 2.05) is 0 Å². The summed E-state index contributed by atoms with van der Waals surface area (Å²) >= 11 is 5.95. The fraction of sp³-hybridized carbons (Fsp3) is 0.333. The zero-order valence-corrected chi connectivity index (χ0v) is 16.3. The number of aromatic nitrogens is 2. The predicted octanol–water partition coefficient (Wildman–Crippen LogP) is 3.91. The lowest BCUT2D eigenvalue weighted by Gasteiger charge is -2.15. The van der Waals surface area contributed by atoms with E-state index in [0.717, 1.165) is 6.20 Å². The highest BCUT2D eigenvalue weighted by Crippen LogP contribution is 2.25. The lowest BCUT2D eigenvalue weighted by atomic mass is 10.1. The maximum absolute atomic E-state index is 12.4. The normalized spacial score (nSPS) is 12.2. The van der Waals surface area contributed by atoms with Crippen molar-refractivity contribution in [2.45, 2.75) is 32.5 Å². The fourth-order valence-corrected chi connectivity index (χ4v) is 2.47. The van der Waals surface area contributed by atoms with Crippen LogP contribution in [0.3, 0.4) is 0 Å². The summed E-state index contributed by atoms with van der Waals surface area (Å²) in [6.07, 6.45) is -2.84. The Labute approximate surface area is 169 Å². The third-order valence-electron chi connectivity index (χ3n) is 3.63. The van der Waals surface area contributed by atoms with Gasteiger partial charge in [-0.15, -0.1) is 0 Å². The van der Waals surface area contributed by atoms with Crippen LogP contribution in [0.2, 0.25) is 5.02 Å². The van der Waals surface area contributed by atoms with Gasteiger partial charge in [0.15, 0.2) is 0 Å². The number of ether oxygens (including phenoxy) is 1. The van der Waals surface area contributed by atoms with Gasteiger partial charge in [-0.1, -0.05) is 11.6 Å². The SMILES string of the molecule is CC(=O)Nc1cc(C(C)NC(=O)c2cnc(OCCC(F)(F)F)c(Cl)c2)ccn1. The Kier molecular flexibility index (Phi) is 7.38. The van der Waals surface area contributed by atoms with Crippen LogP contribution in [-0.4, -0.2) is 34.6 Å². The van der Waals surface area contributed by atoms with Crippen molar-refractivity contribution < 1.29 is 27.5 Å². The van der Waals surface area contributed by atoms with Gasteiger partial charge in [0.2, 0.25) is 11.8 Å². The van der Waals surface area contributed by atoms with Crippen LogP contribution >= 0.6 is 11.6 Å². The number of nitrogens with zero attached hydrogens (tertiary/aromatic N) is 2. The average molecular weight is 431 g/mol. The van der Waals surface area contributed by atoms with Crippen molar-refractivity contribution in [1.29, 1.82) is 0 Å². The quantitative estimate of drug-likeness (QED) is 0.694. The minimum atomic E-state index is -4.35. The van der Waals surface area contributed by atoms with Crippen molar-refractivity contribution in [1.82, 2.24) is 15.3 Å². The molecule has 7 nitrogen and oxygen atoms in total. The molecule has 0 saturated heterocycles. The van der Waals surface area contributed by atoms with Gasteiger partial charge in [0.05, 0.1) is 24.6 Å². The Morgan fingerprint density at radius 1 is 1.28 bits per heavy atom. The molecule has 1 unspecified atom stereocenters. The molecule has 0 bridgehead atoms. The summed E-state index contributed by atoms with van der Waals surface area (Å²) in [6.45, 7) is 2.46. The van der Waals surface area contributed by atoms with Crippen molar-refractivity contribution in [2.75, 3.05) is 11.9 Å². The van der Waals surface area contributed by atoms with Crippen LogP contribution in [0.25, 0.3) is 0 Å². The number of amides is 2. The molecule has 0 aliphatic carbocycles. The Balaban J connectivity index is 2.01. The Morgan fingerprint density at radius 2 is 2.00 bits per heavy atom. The topological polar surface area (TPSA) is 93.2 Å². The highest BCUT2D eigenvalue weighted by atomic mass is 35.5. The first kappa shape index (κ1) is 22.4. The summed E-state index contributed by atoms with van der Waals surface area (Å²) in [5, 5.41) is 5.21. The van der Waals surface area contributed by atoms with E-state index in [1.165, 1.54) is 19.2 Å². The molecule has 0 aliphatic rings. The van der Waals surface area contributed by atoms with Crippen LogP contribution in [0, 0.1) is 0 Å². The van der Waals surface area contributed by atoms with Gasteiger partial charge in [0.1, 0.15) is 10.8 Å². The van der Waals surface area contributed by atoms with Gasteiger partial charge in [-0.05, 0) is 30.7 Å². The zero-order valence-electron chi connectivity index (χ0n) is 15.5. The smallest absolute Gasteiger partial charge is 0.392 e. The van der Waals surface area contributed by atoms with Gasteiger partial charge >= 0.3 is 6.18 Å². The van der Waals surface area contributed by atoms with E-state index in [0.29, 0.717) is 11.4 Å². The molecule has 0 aliphatic heterocycles. The highest BCUT2D eigenvalue weighted by Gasteiger charge is 2.27. The van der Waals surface area contributed by atoms with E-state index in [1.54, 1.807) is 19.1 Å². The van der Waals surface area contributed by atoms with E-state index in [4.69, 9.17) is 16.3 Å². The molecule has 0 saturated carbocycles. The molecule has 156 valence electrons. The summed E-state index contributed by atoms with van der Waals surface area (Å²) < 4.78 is 41.4. The molecule has 0 spiro atoms. The summed E-state index contributed by atoms with van der Waals surface area (Å²) in [7, 11) is 0. The molecule has 2 rings (SSSR count). The minimum absolute atomic E-state index is 0.0793. The number of carbonyl (C=O) groups is 2. The van der Waals surface area contributed by atoms with E-state index in [2.05, 4.69) is 20.6 Å². The van der Waals surface area contributed by atoms with Crippen molar-refractivity contribution in [2.24, 2.45) is 0 Å². The van der Waals surface area contributed by atoms with E-state index >= 15 is 0 Å². The third kappa shape index (κ3) is 7.22. The Bertz CT molecular complexity index is 893. The molecule has 11 heteroatoms. The second kappa shape index (κ2) is 9.55. The Hall–Kier alpha value is -2.88. The molecule has 0 fully saturated rings. The molecule has 0 radical (unpaired) electrons. The monoisotopic (exact) mass is 430 g/mol.